The van der Waals surface area contributed by atoms with Crippen LogP contribution in [0, 0.1) is 16.7 Å². The Kier molecular flexibility index (Phi) is 2.51. The predicted molar refractivity (Wildman–Crippen MR) is 84.3 cm³/mol. The molecule has 2 aliphatic carbocycles. The molecule has 1 heterocycles. The SMILES string of the molecule is CC12CCC(C/C1=N/Nc1nc3ccccc3o1)C2(C)C. The molecular weight excluding hydrogens is 262 g/mol. The minimum Gasteiger partial charge on any atom is -0.422 e. The van der Waals surface area contributed by atoms with E-state index in [1.165, 1.54) is 18.6 Å². The molecule has 4 rings (SSSR count). The summed E-state index contributed by atoms with van der Waals surface area (Å²) >= 11 is 0. The molecule has 0 spiro atoms. The Hall–Kier alpha value is -1.84. The van der Waals surface area contributed by atoms with Crippen LogP contribution in [0.25, 0.3) is 11.1 Å². The molecule has 2 bridgehead atoms. The first-order chi connectivity index (χ1) is 10.0. The lowest BCUT2D eigenvalue weighted by Gasteiger charge is -2.34. The topological polar surface area (TPSA) is 50.4 Å². The molecule has 110 valence electrons. The highest BCUT2D eigenvalue weighted by Crippen LogP contribution is 2.63. The number of hydrogen-bond acceptors (Lipinski definition) is 4. The van der Waals surface area contributed by atoms with Gasteiger partial charge in [-0.3, -0.25) is 0 Å². The number of aromatic nitrogens is 1. The second-order valence-electron chi connectivity index (χ2n) is 7.15. The van der Waals surface area contributed by atoms with Crippen LogP contribution in [0.2, 0.25) is 0 Å². The fourth-order valence-corrected chi connectivity index (χ4v) is 4.13. The minimum atomic E-state index is 0.205. The van der Waals surface area contributed by atoms with Crippen LogP contribution in [-0.4, -0.2) is 10.7 Å². The average Bonchev–Trinajstić information content (AvgIpc) is 3.02. The van der Waals surface area contributed by atoms with Gasteiger partial charge in [0.25, 0.3) is 0 Å². The smallest absolute Gasteiger partial charge is 0.316 e. The number of nitrogens with one attached hydrogen (secondary N) is 1. The summed E-state index contributed by atoms with van der Waals surface area (Å²) in [5, 5.41) is 4.65. The number of fused-ring (bicyclic) bond motifs is 3. The van der Waals surface area contributed by atoms with E-state index in [1.54, 1.807) is 0 Å². The zero-order valence-electron chi connectivity index (χ0n) is 12.8. The van der Waals surface area contributed by atoms with Crippen LogP contribution >= 0.6 is 0 Å². The summed E-state index contributed by atoms with van der Waals surface area (Å²) in [5.74, 6) is 0.756. The second-order valence-corrected chi connectivity index (χ2v) is 7.15. The summed E-state index contributed by atoms with van der Waals surface area (Å²) in [6.45, 7) is 7.12. The lowest BCUT2D eigenvalue weighted by atomic mass is 9.70. The Balaban J connectivity index is 1.62. The van der Waals surface area contributed by atoms with Crippen molar-refractivity contribution in [3.63, 3.8) is 0 Å². The molecule has 4 nitrogen and oxygen atoms in total. The molecule has 2 aliphatic rings. The zero-order chi connectivity index (χ0) is 14.7. The van der Waals surface area contributed by atoms with Gasteiger partial charge in [0.15, 0.2) is 5.58 Å². The largest absolute Gasteiger partial charge is 0.422 e. The van der Waals surface area contributed by atoms with Crippen LogP contribution in [0.1, 0.15) is 40.0 Å². The van der Waals surface area contributed by atoms with E-state index in [9.17, 15) is 0 Å². The van der Waals surface area contributed by atoms with E-state index in [0.717, 1.165) is 23.4 Å². The van der Waals surface area contributed by atoms with Gasteiger partial charge in [0.05, 0.1) is 0 Å². The molecule has 1 N–H and O–H groups in total. The molecule has 21 heavy (non-hydrogen) atoms. The van der Waals surface area contributed by atoms with Crippen LogP contribution in [-0.2, 0) is 0 Å². The maximum atomic E-state index is 5.66. The molecule has 4 heteroatoms. The molecular formula is C17H21N3O. The molecule has 2 aromatic rings. The van der Waals surface area contributed by atoms with Gasteiger partial charge in [-0.05, 0) is 42.7 Å². The average molecular weight is 283 g/mol. The monoisotopic (exact) mass is 283 g/mol. The van der Waals surface area contributed by atoms with Gasteiger partial charge in [-0.2, -0.15) is 10.1 Å². The molecule has 0 saturated heterocycles. The highest BCUT2D eigenvalue weighted by molar-refractivity contribution is 5.94. The van der Waals surface area contributed by atoms with Crippen molar-refractivity contribution in [2.24, 2.45) is 21.8 Å². The van der Waals surface area contributed by atoms with Crippen molar-refractivity contribution in [1.82, 2.24) is 4.98 Å². The normalized spacial score (nSPS) is 32.1. The van der Waals surface area contributed by atoms with Crippen molar-refractivity contribution in [3.8, 4) is 0 Å². The lowest BCUT2D eigenvalue weighted by molar-refractivity contribution is 0.194. The van der Waals surface area contributed by atoms with E-state index in [1.807, 2.05) is 24.3 Å². The summed E-state index contributed by atoms with van der Waals surface area (Å²) in [5.41, 5.74) is 6.50. The fourth-order valence-electron chi connectivity index (χ4n) is 4.13. The zero-order valence-corrected chi connectivity index (χ0v) is 12.8. The van der Waals surface area contributed by atoms with Crippen molar-refractivity contribution in [2.75, 3.05) is 5.43 Å². The van der Waals surface area contributed by atoms with Gasteiger partial charge in [0, 0.05) is 11.1 Å². The van der Waals surface area contributed by atoms with Crippen molar-refractivity contribution >= 4 is 22.8 Å². The Bertz CT molecular complexity index is 697. The van der Waals surface area contributed by atoms with Crippen LogP contribution < -0.4 is 5.43 Å². The van der Waals surface area contributed by atoms with Crippen LogP contribution in [0.3, 0.4) is 0 Å². The van der Waals surface area contributed by atoms with Crippen molar-refractivity contribution in [1.29, 1.82) is 0 Å². The molecule has 0 amide bonds. The number of rotatable bonds is 2. The summed E-state index contributed by atoms with van der Waals surface area (Å²) < 4.78 is 5.66. The molecule has 1 aromatic heterocycles. The lowest BCUT2D eigenvalue weighted by Crippen LogP contribution is -2.32. The van der Waals surface area contributed by atoms with Crippen LogP contribution in [0.15, 0.2) is 33.8 Å². The molecule has 2 atom stereocenters. The maximum absolute atomic E-state index is 5.66. The van der Waals surface area contributed by atoms with Gasteiger partial charge in [-0.15, -0.1) is 0 Å². The molecule has 2 fully saturated rings. The first-order valence-electron chi connectivity index (χ1n) is 7.69. The van der Waals surface area contributed by atoms with Gasteiger partial charge < -0.3 is 4.42 Å². The van der Waals surface area contributed by atoms with Crippen LogP contribution in [0.5, 0.6) is 0 Å². The Morgan fingerprint density at radius 3 is 2.76 bits per heavy atom. The maximum Gasteiger partial charge on any atom is 0.316 e. The number of nitrogens with zero attached hydrogens (tertiary/aromatic N) is 2. The minimum absolute atomic E-state index is 0.205. The summed E-state index contributed by atoms with van der Waals surface area (Å²) in [6, 6.07) is 8.25. The van der Waals surface area contributed by atoms with E-state index in [-0.39, 0.29) is 5.41 Å². The third kappa shape index (κ3) is 1.68. The molecule has 0 aliphatic heterocycles. The molecule has 1 aromatic carbocycles. The quantitative estimate of drug-likeness (QED) is 0.829. The molecule has 2 saturated carbocycles. The van der Waals surface area contributed by atoms with Crippen molar-refractivity contribution in [2.45, 2.75) is 40.0 Å². The highest BCUT2D eigenvalue weighted by atomic mass is 16.4. The number of hydrazone groups is 1. The highest BCUT2D eigenvalue weighted by Gasteiger charge is 2.59. The number of oxazole rings is 1. The van der Waals surface area contributed by atoms with Gasteiger partial charge in [-0.1, -0.05) is 32.9 Å². The molecule has 0 radical (unpaired) electrons. The molecule has 2 unspecified atom stereocenters. The summed E-state index contributed by atoms with van der Waals surface area (Å²) in [7, 11) is 0. The predicted octanol–water partition coefficient (Wildman–Crippen LogP) is 4.44. The Morgan fingerprint density at radius 2 is 2.10 bits per heavy atom. The standard InChI is InChI=1S/C17H21N3O/c1-16(2)11-8-9-17(16,3)14(10-11)19-20-15-18-12-6-4-5-7-13(12)21-15/h4-7,11H,8-10H2,1-3H3,(H,18,20)/b19-14-. The van der Waals surface area contributed by atoms with E-state index in [0.29, 0.717) is 11.4 Å². The van der Waals surface area contributed by atoms with E-state index in [2.05, 4.69) is 36.3 Å². The van der Waals surface area contributed by atoms with E-state index >= 15 is 0 Å². The Labute approximate surface area is 124 Å². The number of benzene rings is 1. The number of para-hydroxylation sites is 2. The van der Waals surface area contributed by atoms with E-state index in [4.69, 9.17) is 4.42 Å². The summed E-state index contributed by atoms with van der Waals surface area (Å²) in [4.78, 5) is 4.41. The van der Waals surface area contributed by atoms with Gasteiger partial charge in [0.2, 0.25) is 0 Å². The number of hydrogen-bond donors (Lipinski definition) is 1. The first kappa shape index (κ1) is 12.9. The van der Waals surface area contributed by atoms with Gasteiger partial charge >= 0.3 is 6.01 Å². The van der Waals surface area contributed by atoms with Gasteiger partial charge in [0.1, 0.15) is 5.52 Å². The third-order valence-electron chi connectivity index (χ3n) is 6.09. The Morgan fingerprint density at radius 1 is 1.29 bits per heavy atom. The number of anilines is 1. The second kappa shape index (κ2) is 4.09. The fraction of sp³-hybridized carbons (Fsp3) is 0.529. The van der Waals surface area contributed by atoms with Gasteiger partial charge in [-0.25, -0.2) is 5.43 Å². The first-order valence-corrected chi connectivity index (χ1v) is 7.69. The van der Waals surface area contributed by atoms with Crippen molar-refractivity contribution in [3.05, 3.63) is 24.3 Å². The van der Waals surface area contributed by atoms with E-state index < -0.39 is 0 Å². The van der Waals surface area contributed by atoms with Crippen LogP contribution in [0.4, 0.5) is 6.01 Å². The van der Waals surface area contributed by atoms with Crippen molar-refractivity contribution < 1.29 is 4.42 Å². The third-order valence-corrected chi connectivity index (χ3v) is 6.09. The summed E-state index contributed by atoms with van der Waals surface area (Å²) in [6.07, 6.45) is 3.65.